The number of urea groups is 1. The molecule has 25 heavy (non-hydrogen) atoms. The highest BCUT2D eigenvalue weighted by atomic mass is 79.9. The van der Waals surface area contributed by atoms with Crippen LogP contribution in [0.1, 0.15) is 11.3 Å². The monoisotopic (exact) mass is 423 g/mol. The molecule has 3 rings (SSSR count). The summed E-state index contributed by atoms with van der Waals surface area (Å²) >= 11 is 5.14. The van der Waals surface area contributed by atoms with Gasteiger partial charge < -0.3 is 19.9 Å². The number of halogens is 1. The van der Waals surface area contributed by atoms with Crippen molar-refractivity contribution in [3.8, 4) is 5.75 Å². The summed E-state index contributed by atoms with van der Waals surface area (Å²) in [4.78, 5) is 17.8. The first kappa shape index (κ1) is 18.1. The predicted molar refractivity (Wildman–Crippen MR) is 106 cm³/mol. The topological polar surface area (TPSA) is 44.8 Å². The van der Waals surface area contributed by atoms with Crippen molar-refractivity contribution in [2.45, 2.75) is 13.0 Å². The fourth-order valence-corrected chi connectivity index (χ4v) is 4.32. The molecule has 1 aliphatic rings. The van der Waals surface area contributed by atoms with Crippen LogP contribution < -0.4 is 15.0 Å². The van der Waals surface area contributed by atoms with Crippen molar-refractivity contribution in [1.82, 2.24) is 10.2 Å². The second kappa shape index (κ2) is 8.58. The van der Waals surface area contributed by atoms with Crippen molar-refractivity contribution < 1.29 is 9.53 Å². The predicted octanol–water partition coefficient (Wildman–Crippen LogP) is 3.94. The Hall–Kier alpha value is -1.73. The van der Waals surface area contributed by atoms with Crippen LogP contribution in [0.25, 0.3) is 0 Å². The van der Waals surface area contributed by atoms with E-state index in [9.17, 15) is 4.79 Å². The van der Waals surface area contributed by atoms with E-state index in [1.54, 1.807) is 18.4 Å². The highest BCUT2D eigenvalue weighted by Gasteiger charge is 2.19. The molecule has 2 heterocycles. The molecule has 0 spiro atoms. The van der Waals surface area contributed by atoms with Gasteiger partial charge in [-0.2, -0.15) is 0 Å². The van der Waals surface area contributed by atoms with E-state index in [4.69, 9.17) is 4.74 Å². The lowest BCUT2D eigenvalue weighted by atomic mass is 10.2. The average molecular weight is 424 g/mol. The van der Waals surface area contributed by atoms with E-state index >= 15 is 0 Å². The average Bonchev–Trinajstić information content (AvgIpc) is 2.90. The third-order valence-corrected chi connectivity index (χ3v) is 6.24. The van der Waals surface area contributed by atoms with Gasteiger partial charge in [-0.3, -0.25) is 0 Å². The van der Waals surface area contributed by atoms with Gasteiger partial charge in [0.2, 0.25) is 0 Å². The van der Waals surface area contributed by atoms with E-state index < -0.39 is 0 Å². The molecule has 7 heteroatoms. The van der Waals surface area contributed by atoms with E-state index in [0.717, 1.165) is 47.7 Å². The Morgan fingerprint density at radius 1 is 1.20 bits per heavy atom. The van der Waals surface area contributed by atoms with Crippen molar-refractivity contribution in [2.75, 3.05) is 38.2 Å². The fraction of sp³-hybridized carbons (Fsp3) is 0.389. The maximum absolute atomic E-state index is 12.5. The zero-order chi connectivity index (χ0) is 17.6. The Labute approximate surface area is 160 Å². The van der Waals surface area contributed by atoms with E-state index in [0.29, 0.717) is 6.54 Å². The molecule has 1 aromatic heterocycles. The second-order valence-corrected chi connectivity index (χ2v) is 7.73. The molecule has 0 unspecified atom stereocenters. The highest BCUT2D eigenvalue weighted by molar-refractivity contribution is 9.10. The SMILES string of the molecule is COc1ccc(N2CCCN(C(=O)NCc3sccc3Br)CC2)cc1. The van der Waals surface area contributed by atoms with E-state index in [-0.39, 0.29) is 6.03 Å². The largest absolute Gasteiger partial charge is 0.497 e. The molecule has 5 nitrogen and oxygen atoms in total. The van der Waals surface area contributed by atoms with Crippen LogP contribution in [0.4, 0.5) is 10.5 Å². The van der Waals surface area contributed by atoms with Crippen LogP contribution in [-0.2, 0) is 6.54 Å². The molecule has 1 aliphatic heterocycles. The summed E-state index contributed by atoms with van der Waals surface area (Å²) in [7, 11) is 1.67. The summed E-state index contributed by atoms with van der Waals surface area (Å²) in [5.41, 5.74) is 1.17. The lowest BCUT2D eigenvalue weighted by Gasteiger charge is -2.24. The van der Waals surface area contributed by atoms with Crippen LogP contribution >= 0.6 is 27.3 Å². The fourth-order valence-electron chi connectivity index (χ4n) is 2.89. The smallest absolute Gasteiger partial charge is 0.317 e. The molecule has 0 radical (unpaired) electrons. The molecular formula is C18H22BrN3O2S. The van der Waals surface area contributed by atoms with Gasteiger partial charge in [-0.15, -0.1) is 11.3 Å². The third-order valence-electron chi connectivity index (χ3n) is 4.31. The number of anilines is 1. The minimum absolute atomic E-state index is 0.0110. The molecule has 134 valence electrons. The number of amides is 2. The summed E-state index contributed by atoms with van der Waals surface area (Å²) in [6, 6.07) is 10.1. The van der Waals surface area contributed by atoms with Gasteiger partial charge in [-0.1, -0.05) is 0 Å². The van der Waals surface area contributed by atoms with Gasteiger partial charge in [-0.25, -0.2) is 4.79 Å². The number of thiophene rings is 1. The van der Waals surface area contributed by atoms with Crippen LogP contribution in [0.5, 0.6) is 5.75 Å². The van der Waals surface area contributed by atoms with Crippen LogP contribution in [0.15, 0.2) is 40.2 Å². The molecule has 0 saturated carbocycles. The molecule has 0 atom stereocenters. The van der Waals surface area contributed by atoms with Gasteiger partial charge >= 0.3 is 6.03 Å². The van der Waals surface area contributed by atoms with Crippen molar-refractivity contribution in [1.29, 1.82) is 0 Å². The Balaban J connectivity index is 1.53. The minimum atomic E-state index is 0.0110. The number of methoxy groups -OCH3 is 1. The molecule has 1 fully saturated rings. The van der Waals surface area contributed by atoms with Crippen molar-refractivity contribution in [3.63, 3.8) is 0 Å². The summed E-state index contributed by atoms with van der Waals surface area (Å²) in [6.07, 6.45) is 0.960. The lowest BCUT2D eigenvalue weighted by Crippen LogP contribution is -2.41. The quantitative estimate of drug-likeness (QED) is 0.809. The van der Waals surface area contributed by atoms with Crippen LogP contribution in [0.2, 0.25) is 0 Å². The molecule has 1 aromatic carbocycles. The molecule has 0 bridgehead atoms. The lowest BCUT2D eigenvalue weighted by molar-refractivity contribution is 0.201. The number of benzene rings is 1. The normalized spacial score (nSPS) is 15.0. The first-order valence-corrected chi connectivity index (χ1v) is 9.98. The molecule has 2 amide bonds. The Kier molecular flexibility index (Phi) is 6.20. The van der Waals surface area contributed by atoms with Crippen LogP contribution in [0, 0.1) is 0 Å². The summed E-state index contributed by atoms with van der Waals surface area (Å²) < 4.78 is 6.27. The number of carbonyl (C=O) groups is 1. The Morgan fingerprint density at radius 2 is 2.00 bits per heavy atom. The van der Waals surface area contributed by atoms with E-state index in [1.807, 2.05) is 28.5 Å². The van der Waals surface area contributed by atoms with Gasteiger partial charge in [0.05, 0.1) is 13.7 Å². The Morgan fingerprint density at radius 3 is 2.68 bits per heavy atom. The number of hydrogen-bond acceptors (Lipinski definition) is 4. The molecule has 0 aliphatic carbocycles. The standard InChI is InChI=1S/C18H22BrN3O2S/c1-24-15-5-3-14(4-6-15)21-8-2-9-22(11-10-21)18(23)20-13-17-16(19)7-12-25-17/h3-7,12H,2,8-11,13H2,1H3,(H,20,23). The number of rotatable bonds is 4. The number of ether oxygens (including phenoxy) is 1. The second-order valence-electron chi connectivity index (χ2n) is 5.88. The molecule has 1 saturated heterocycles. The maximum Gasteiger partial charge on any atom is 0.317 e. The number of nitrogens with zero attached hydrogens (tertiary/aromatic N) is 2. The molecular weight excluding hydrogens is 402 g/mol. The summed E-state index contributed by atoms with van der Waals surface area (Å²) in [5, 5.41) is 5.04. The zero-order valence-electron chi connectivity index (χ0n) is 14.2. The van der Waals surface area contributed by atoms with Gasteiger partial charge in [0.25, 0.3) is 0 Å². The Bertz CT molecular complexity index is 705. The minimum Gasteiger partial charge on any atom is -0.497 e. The van der Waals surface area contributed by atoms with Gasteiger partial charge in [0, 0.05) is 41.2 Å². The first-order valence-electron chi connectivity index (χ1n) is 8.31. The van der Waals surface area contributed by atoms with Gasteiger partial charge in [-0.05, 0) is 58.1 Å². The summed E-state index contributed by atoms with van der Waals surface area (Å²) in [6.45, 7) is 3.86. The maximum atomic E-state index is 12.5. The molecule has 1 N–H and O–H groups in total. The van der Waals surface area contributed by atoms with Crippen molar-refractivity contribution >= 4 is 39.0 Å². The number of hydrogen-bond donors (Lipinski definition) is 1. The first-order chi connectivity index (χ1) is 12.2. The number of carbonyl (C=O) groups excluding carboxylic acids is 1. The van der Waals surface area contributed by atoms with Crippen LogP contribution in [-0.4, -0.2) is 44.2 Å². The highest BCUT2D eigenvalue weighted by Crippen LogP contribution is 2.23. The zero-order valence-corrected chi connectivity index (χ0v) is 16.6. The van der Waals surface area contributed by atoms with E-state index in [2.05, 4.69) is 38.3 Å². The molecule has 2 aromatic rings. The van der Waals surface area contributed by atoms with Crippen molar-refractivity contribution in [2.24, 2.45) is 0 Å². The third kappa shape index (κ3) is 4.67. The van der Waals surface area contributed by atoms with Gasteiger partial charge in [0.15, 0.2) is 0 Å². The number of nitrogens with one attached hydrogen (secondary N) is 1. The van der Waals surface area contributed by atoms with E-state index in [1.165, 1.54) is 5.69 Å². The van der Waals surface area contributed by atoms with Crippen LogP contribution in [0.3, 0.4) is 0 Å². The van der Waals surface area contributed by atoms with Gasteiger partial charge in [0.1, 0.15) is 5.75 Å². The van der Waals surface area contributed by atoms with Crippen molar-refractivity contribution in [3.05, 3.63) is 45.1 Å². The summed E-state index contributed by atoms with van der Waals surface area (Å²) in [5.74, 6) is 0.860.